The summed E-state index contributed by atoms with van der Waals surface area (Å²) in [6, 6.07) is 9.04. The molecule has 0 heterocycles. The van der Waals surface area contributed by atoms with Crippen LogP contribution < -0.4 is 21.3 Å². The maximum atomic E-state index is 11.9. The van der Waals surface area contributed by atoms with Crippen LogP contribution in [0.3, 0.4) is 0 Å². The number of alkyl carbamates (subject to hydrolysis) is 1. The summed E-state index contributed by atoms with van der Waals surface area (Å²) in [6.07, 6.45) is -0.453. The second kappa shape index (κ2) is 11.0. The number of carbonyl (C=O) groups is 2. The van der Waals surface area contributed by atoms with Crippen molar-refractivity contribution >= 4 is 18.0 Å². The van der Waals surface area contributed by atoms with E-state index in [9.17, 15) is 9.59 Å². The van der Waals surface area contributed by atoms with E-state index in [4.69, 9.17) is 4.74 Å². The molecule has 8 heteroatoms. The Morgan fingerprint density at radius 2 is 1.46 bits per heavy atom. The maximum absolute atomic E-state index is 11.9. The SMILES string of the molecule is CN=C(NCCNC(=O)OC(C)(C)C)NCCNC(=O)c1ccccc1. The van der Waals surface area contributed by atoms with Gasteiger partial charge in [0, 0.05) is 38.8 Å². The number of benzene rings is 1. The van der Waals surface area contributed by atoms with Crippen LogP contribution in [0.25, 0.3) is 0 Å². The van der Waals surface area contributed by atoms with E-state index in [2.05, 4.69) is 26.3 Å². The highest BCUT2D eigenvalue weighted by Gasteiger charge is 2.15. The van der Waals surface area contributed by atoms with Crippen molar-refractivity contribution in [3.63, 3.8) is 0 Å². The molecule has 0 aliphatic heterocycles. The van der Waals surface area contributed by atoms with Gasteiger partial charge in [-0.25, -0.2) is 4.79 Å². The number of rotatable bonds is 7. The van der Waals surface area contributed by atoms with Crippen LogP contribution in [0.5, 0.6) is 0 Å². The number of hydrogen-bond donors (Lipinski definition) is 4. The van der Waals surface area contributed by atoms with Gasteiger partial charge in [-0.2, -0.15) is 0 Å². The standard InChI is InChI=1S/C18H29N5O3/c1-18(2,3)26-17(25)23-13-12-22-16(19-4)21-11-10-20-15(24)14-8-6-5-7-9-14/h5-9H,10-13H2,1-4H3,(H,20,24)(H,23,25)(H2,19,21,22). The lowest BCUT2D eigenvalue weighted by molar-refractivity contribution is 0.0528. The van der Waals surface area contributed by atoms with E-state index in [0.29, 0.717) is 37.7 Å². The minimum Gasteiger partial charge on any atom is -0.444 e. The Morgan fingerprint density at radius 1 is 0.923 bits per heavy atom. The van der Waals surface area contributed by atoms with Gasteiger partial charge in [-0.05, 0) is 32.9 Å². The van der Waals surface area contributed by atoms with Crippen molar-refractivity contribution in [3.8, 4) is 0 Å². The van der Waals surface area contributed by atoms with Crippen LogP contribution >= 0.6 is 0 Å². The van der Waals surface area contributed by atoms with Crippen molar-refractivity contribution in [3.05, 3.63) is 35.9 Å². The normalized spacial score (nSPS) is 11.5. The molecule has 1 aromatic carbocycles. The topological polar surface area (TPSA) is 104 Å². The predicted octanol–water partition coefficient (Wildman–Crippen LogP) is 1.11. The number of amides is 2. The Bertz CT molecular complexity index is 597. The number of hydrogen-bond acceptors (Lipinski definition) is 4. The second-order valence-corrected chi connectivity index (χ2v) is 6.48. The Kier molecular flexibility index (Phi) is 8.97. The van der Waals surface area contributed by atoms with E-state index in [1.165, 1.54) is 0 Å². The third-order valence-corrected chi connectivity index (χ3v) is 3.05. The third-order valence-electron chi connectivity index (χ3n) is 3.05. The monoisotopic (exact) mass is 363 g/mol. The van der Waals surface area contributed by atoms with Crippen LogP contribution in [0.2, 0.25) is 0 Å². The van der Waals surface area contributed by atoms with E-state index in [-0.39, 0.29) is 5.91 Å². The Hall–Kier alpha value is -2.77. The minimum absolute atomic E-state index is 0.114. The fraction of sp³-hybridized carbons (Fsp3) is 0.500. The van der Waals surface area contributed by atoms with Gasteiger partial charge >= 0.3 is 6.09 Å². The van der Waals surface area contributed by atoms with Crippen molar-refractivity contribution in [1.29, 1.82) is 0 Å². The zero-order valence-electron chi connectivity index (χ0n) is 15.9. The van der Waals surface area contributed by atoms with E-state index in [1.54, 1.807) is 19.2 Å². The Balaban J connectivity index is 2.15. The highest BCUT2D eigenvalue weighted by Crippen LogP contribution is 2.05. The van der Waals surface area contributed by atoms with Gasteiger partial charge in [0.2, 0.25) is 0 Å². The molecule has 0 bridgehead atoms. The molecular weight excluding hydrogens is 334 g/mol. The van der Waals surface area contributed by atoms with Gasteiger partial charge in [0.25, 0.3) is 5.91 Å². The quantitative estimate of drug-likeness (QED) is 0.330. The lowest BCUT2D eigenvalue weighted by Crippen LogP contribution is -2.44. The largest absolute Gasteiger partial charge is 0.444 e. The zero-order valence-corrected chi connectivity index (χ0v) is 15.9. The molecule has 0 saturated carbocycles. The fourth-order valence-electron chi connectivity index (χ4n) is 1.93. The first-order chi connectivity index (χ1) is 12.3. The number of aliphatic imine (C=N–C) groups is 1. The van der Waals surface area contributed by atoms with Gasteiger partial charge in [0.15, 0.2) is 5.96 Å². The first kappa shape index (κ1) is 21.3. The molecule has 0 atom stereocenters. The molecule has 0 aliphatic carbocycles. The van der Waals surface area contributed by atoms with Gasteiger partial charge in [0.05, 0.1) is 0 Å². The van der Waals surface area contributed by atoms with Crippen molar-refractivity contribution in [1.82, 2.24) is 21.3 Å². The first-order valence-electron chi connectivity index (χ1n) is 8.56. The van der Waals surface area contributed by atoms with Gasteiger partial charge in [-0.15, -0.1) is 0 Å². The van der Waals surface area contributed by atoms with Crippen LogP contribution in [0.4, 0.5) is 4.79 Å². The third kappa shape index (κ3) is 9.51. The second-order valence-electron chi connectivity index (χ2n) is 6.48. The lowest BCUT2D eigenvalue weighted by Gasteiger charge is -2.20. The summed E-state index contributed by atoms with van der Waals surface area (Å²) in [5.41, 5.74) is 0.113. The minimum atomic E-state index is -0.515. The molecule has 2 amide bonds. The van der Waals surface area contributed by atoms with Crippen molar-refractivity contribution in [2.75, 3.05) is 33.2 Å². The summed E-state index contributed by atoms with van der Waals surface area (Å²) < 4.78 is 5.15. The summed E-state index contributed by atoms with van der Waals surface area (Å²) in [4.78, 5) is 27.5. The van der Waals surface area contributed by atoms with E-state index >= 15 is 0 Å². The van der Waals surface area contributed by atoms with E-state index in [0.717, 1.165) is 0 Å². The molecule has 1 rings (SSSR count). The smallest absolute Gasteiger partial charge is 0.407 e. The van der Waals surface area contributed by atoms with Crippen LogP contribution in [-0.4, -0.2) is 56.8 Å². The van der Waals surface area contributed by atoms with Crippen molar-refractivity contribution in [2.24, 2.45) is 4.99 Å². The highest BCUT2D eigenvalue weighted by atomic mass is 16.6. The molecule has 0 aliphatic rings. The van der Waals surface area contributed by atoms with E-state index in [1.807, 2.05) is 39.0 Å². The fourth-order valence-corrected chi connectivity index (χ4v) is 1.93. The predicted molar refractivity (Wildman–Crippen MR) is 102 cm³/mol. The van der Waals surface area contributed by atoms with Crippen LogP contribution in [-0.2, 0) is 4.74 Å². The van der Waals surface area contributed by atoms with Gasteiger partial charge < -0.3 is 26.0 Å². The molecule has 0 fully saturated rings. The molecule has 0 aromatic heterocycles. The van der Waals surface area contributed by atoms with Crippen molar-refractivity contribution < 1.29 is 14.3 Å². The average molecular weight is 363 g/mol. The molecule has 4 N–H and O–H groups in total. The Morgan fingerprint density at radius 3 is 2.00 bits per heavy atom. The molecule has 0 unspecified atom stereocenters. The molecule has 1 aromatic rings. The van der Waals surface area contributed by atoms with Crippen LogP contribution in [0.15, 0.2) is 35.3 Å². The zero-order chi connectivity index (χ0) is 19.4. The number of nitrogens with zero attached hydrogens (tertiary/aromatic N) is 1. The lowest BCUT2D eigenvalue weighted by atomic mass is 10.2. The molecule has 0 radical (unpaired) electrons. The first-order valence-corrected chi connectivity index (χ1v) is 8.56. The summed E-state index contributed by atoms with van der Waals surface area (Å²) in [6.45, 7) is 7.32. The molecule has 144 valence electrons. The Labute approximate surface area is 154 Å². The summed E-state index contributed by atoms with van der Waals surface area (Å²) >= 11 is 0. The molecular formula is C18H29N5O3. The van der Waals surface area contributed by atoms with Gasteiger partial charge in [-0.3, -0.25) is 9.79 Å². The summed E-state index contributed by atoms with van der Waals surface area (Å²) in [5, 5.41) is 11.6. The highest BCUT2D eigenvalue weighted by molar-refractivity contribution is 5.94. The number of guanidine groups is 1. The molecule has 0 saturated heterocycles. The van der Waals surface area contributed by atoms with Crippen LogP contribution in [0.1, 0.15) is 31.1 Å². The summed E-state index contributed by atoms with van der Waals surface area (Å²) in [5.74, 6) is 0.474. The van der Waals surface area contributed by atoms with Gasteiger partial charge in [-0.1, -0.05) is 18.2 Å². The molecule has 26 heavy (non-hydrogen) atoms. The maximum Gasteiger partial charge on any atom is 0.407 e. The molecule has 0 spiro atoms. The average Bonchev–Trinajstić information content (AvgIpc) is 2.59. The van der Waals surface area contributed by atoms with Gasteiger partial charge in [0.1, 0.15) is 5.60 Å². The number of carbonyl (C=O) groups excluding carboxylic acids is 2. The summed E-state index contributed by atoms with van der Waals surface area (Å²) in [7, 11) is 1.65. The number of ether oxygens (including phenoxy) is 1. The number of nitrogens with one attached hydrogen (secondary N) is 4. The van der Waals surface area contributed by atoms with E-state index < -0.39 is 11.7 Å². The van der Waals surface area contributed by atoms with Crippen LogP contribution in [0, 0.1) is 0 Å². The molecule has 8 nitrogen and oxygen atoms in total. The van der Waals surface area contributed by atoms with Crippen molar-refractivity contribution in [2.45, 2.75) is 26.4 Å².